The second-order valence-corrected chi connectivity index (χ2v) is 3.97. The highest BCUT2D eigenvalue weighted by molar-refractivity contribution is 7.71. The van der Waals surface area contributed by atoms with E-state index < -0.39 is 0 Å². The Labute approximate surface area is 91.6 Å². The minimum absolute atomic E-state index is 0.0133. The van der Waals surface area contributed by atoms with Gasteiger partial charge in [-0.15, -0.1) is 0 Å². The molecular weight excluding hydrogens is 210 g/mol. The van der Waals surface area contributed by atoms with Gasteiger partial charge < -0.3 is 9.55 Å². The number of hydrogen-bond donors (Lipinski definition) is 1. The molecule has 0 amide bonds. The van der Waals surface area contributed by atoms with Gasteiger partial charge >= 0.3 is 0 Å². The third-order valence-corrected chi connectivity index (χ3v) is 2.92. The first-order valence-corrected chi connectivity index (χ1v) is 4.98. The van der Waals surface area contributed by atoms with Gasteiger partial charge in [-0.1, -0.05) is 0 Å². The van der Waals surface area contributed by atoms with Crippen molar-refractivity contribution in [2.75, 3.05) is 0 Å². The van der Waals surface area contributed by atoms with Gasteiger partial charge in [0.1, 0.15) is 5.65 Å². The van der Waals surface area contributed by atoms with Crippen molar-refractivity contribution in [3.63, 3.8) is 0 Å². The molecule has 0 saturated heterocycles. The van der Waals surface area contributed by atoms with Crippen LogP contribution < -0.4 is 5.43 Å². The van der Waals surface area contributed by atoms with Crippen LogP contribution in [0, 0.1) is 18.6 Å². The molecule has 2 rings (SSSR count). The fraction of sp³-hybridized carbons (Fsp3) is 0.300. The minimum atomic E-state index is 0.0133. The molecule has 0 aliphatic carbocycles. The molecular formula is C10H11N3OS. The Hall–Kier alpha value is -1.49. The summed E-state index contributed by atoms with van der Waals surface area (Å²) in [4.78, 5) is 19.1. The smallest absolute Gasteiger partial charge is 0.201 e. The van der Waals surface area contributed by atoms with Gasteiger partial charge in [0.2, 0.25) is 4.77 Å². The van der Waals surface area contributed by atoms with Crippen LogP contribution in [0.25, 0.3) is 11.0 Å². The topological polar surface area (TPSA) is 50.7 Å². The molecule has 2 heterocycles. The first-order chi connectivity index (χ1) is 7.00. The van der Waals surface area contributed by atoms with Crippen LogP contribution in [0.4, 0.5) is 0 Å². The molecule has 0 fully saturated rings. The van der Waals surface area contributed by atoms with Crippen molar-refractivity contribution >= 4 is 23.3 Å². The summed E-state index contributed by atoms with van der Waals surface area (Å²) >= 11 is 5.03. The van der Waals surface area contributed by atoms with Gasteiger partial charge in [0, 0.05) is 24.5 Å². The molecule has 4 nitrogen and oxygen atoms in total. The van der Waals surface area contributed by atoms with E-state index in [0.717, 1.165) is 11.3 Å². The number of aromatic nitrogens is 3. The lowest BCUT2D eigenvalue weighted by Crippen LogP contribution is -2.12. The third kappa shape index (κ3) is 1.48. The van der Waals surface area contributed by atoms with Crippen molar-refractivity contribution in [2.45, 2.75) is 13.8 Å². The van der Waals surface area contributed by atoms with Gasteiger partial charge in [0.15, 0.2) is 5.43 Å². The van der Waals surface area contributed by atoms with Crippen LogP contribution in [0.5, 0.6) is 0 Å². The highest BCUT2D eigenvalue weighted by Gasteiger charge is 2.06. The number of aromatic amines is 1. The lowest BCUT2D eigenvalue weighted by atomic mass is 10.2. The van der Waals surface area contributed by atoms with E-state index in [-0.39, 0.29) is 5.43 Å². The number of pyridine rings is 1. The van der Waals surface area contributed by atoms with Gasteiger partial charge in [-0.2, -0.15) is 0 Å². The second kappa shape index (κ2) is 3.27. The zero-order valence-electron chi connectivity index (χ0n) is 8.79. The van der Waals surface area contributed by atoms with Gasteiger partial charge in [-0.3, -0.25) is 4.79 Å². The molecule has 0 saturated carbocycles. The minimum Gasteiger partial charge on any atom is -0.343 e. The SMILES string of the molecule is Cc1[nH]c2nc(=S)n(C)cc2c(=O)c1C. The molecule has 15 heavy (non-hydrogen) atoms. The highest BCUT2D eigenvalue weighted by atomic mass is 32.1. The van der Waals surface area contributed by atoms with Crippen molar-refractivity contribution in [3.05, 3.63) is 32.4 Å². The first-order valence-electron chi connectivity index (χ1n) is 4.57. The van der Waals surface area contributed by atoms with E-state index in [0.29, 0.717) is 15.8 Å². The van der Waals surface area contributed by atoms with Gasteiger partial charge in [0.25, 0.3) is 0 Å². The van der Waals surface area contributed by atoms with E-state index in [1.54, 1.807) is 24.7 Å². The lowest BCUT2D eigenvalue weighted by molar-refractivity contribution is 0.854. The first kappa shape index (κ1) is 10.0. The highest BCUT2D eigenvalue weighted by Crippen LogP contribution is 2.07. The Morgan fingerprint density at radius 2 is 2.13 bits per heavy atom. The summed E-state index contributed by atoms with van der Waals surface area (Å²) in [5.41, 5.74) is 2.13. The largest absolute Gasteiger partial charge is 0.343 e. The fourth-order valence-corrected chi connectivity index (χ4v) is 1.59. The second-order valence-electron chi connectivity index (χ2n) is 3.60. The standard InChI is InChI=1S/C10H11N3OS/c1-5-6(2)11-9-7(8(5)14)4-13(3)10(15)12-9/h4H,1-3H3,(H,11,12,15). The number of rotatable bonds is 0. The summed E-state index contributed by atoms with van der Waals surface area (Å²) in [5, 5.41) is 0.578. The molecule has 0 spiro atoms. The van der Waals surface area contributed by atoms with E-state index in [1.807, 2.05) is 6.92 Å². The zero-order chi connectivity index (χ0) is 11.2. The molecule has 5 heteroatoms. The van der Waals surface area contributed by atoms with Crippen molar-refractivity contribution in [3.8, 4) is 0 Å². The molecule has 2 aromatic heterocycles. The maximum Gasteiger partial charge on any atom is 0.201 e. The fourth-order valence-electron chi connectivity index (χ4n) is 1.45. The van der Waals surface area contributed by atoms with Crippen LogP contribution in [-0.4, -0.2) is 14.5 Å². The van der Waals surface area contributed by atoms with E-state index in [1.165, 1.54) is 0 Å². The Morgan fingerprint density at radius 1 is 1.47 bits per heavy atom. The molecule has 0 radical (unpaired) electrons. The van der Waals surface area contributed by atoms with Crippen LogP contribution in [0.1, 0.15) is 11.3 Å². The van der Waals surface area contributed by atoms with E-state index in [2.05, 4.69) is 9.97 Å². The van der Waals surface area contributed by atoms with Gasteiger partial charge in [-0.05, 0) is 26.1 Å². The van der Waals surface area contributed by atoms with Crippen LogP contribution in [0.15, 0.2) is 11.0 Å². The van der Waals surface area contributed by atoms with Gasteiger partial charge in [-0.25, -0.2) is 4.98 Å². The van der Waals surface area contributed by atoms with E-state index in [4.69, 9.17) is 12.2 Å². The summed E-state index contributed by atoms with van der Waals surface area (Å²) in [7, 11) is 1.78. The Bertz CT molecular complexity index is 654. The van der Waals surface area contributed by atoms with Crippen LogP contribution in [0.3, 0.4) is 0 Å². The third-order valence-electron chi connectivity index (χ3n) is 2.54. The summed E-state index contributed by atoms with van der Waals surface area (Å²) in [6.07, 6.45) is 1.72. The summed E-state index contributed by atoms with van der Waals surface area (Å²) in [5.74, 6) is 0. The predicted octanol–water partition coefficient (Wildman–Crippen LogP) is 1.61. The molecule has 1 N–H and O–H groups in total. The van der Waals surface area contributed by atoms with Crippen molar-refractivity contribution < 1.29 is 0 Å². The van der Waals surface area contributed by atoms with E-state index >= 15 is 0 Å². The number of fused-ring (bicyclic) bond motifs is 1. The quantitative estimate of drug-likeness (QED) is 0.687. The molecule has 0 bridgehead atoms. The average Bonchev–Trinajstić information content (AvgIpc) is 2.19. The van der Waals surface area contributed by atoms with Crippen LogP contribution in [-0.2, 0) is 7.05 Å². The van der Waals surface area contributed by atoms with Crippen molar-refractivity contribution in [2.24, 2.45) is 7.05 Å². The van der Waals surface area contributed by atoms with E-state index in [9.17, 15) is 4.79 Å². The molecule has 0 aromatic carbocycles. The van der Waals surface area contributed by atoms with Crippen molar-refractivity contribution in [1.29, 1.82) is 0 Å². The average molecular weight is 221 g/mol. The van der Waals surface area contributed by atoms with Crippen LogP contribution >= 0.6 is 12.2 Å². The molecule has 0 aliphatic rings. The number of nitrogens with one attached hydrogen (secondary N) is 1. The predicted molar refractivity (Wildman–Crippen MR) is 61.6 cm³/mol. The Kier molecular flexibility index (Phi) is 2.19. The molecule has 78 valence electrons. The Morgan fingerprint density at radius 3 is 2.80 bits per heavy atom. The normalized spacial score (nSPS) is 10.9. The molecule has 0 atom stereocenters. The number of aryl methyl sites for hydroxylation is 2. The van der Waals surface area contributed by atoms with Crippen LogP contribution in [0.2, 0.25) is 0 Å². The van der Waals surface area contributed by atoms with Crippen molar-refractivity contribution in [1.82, 2.24) is 14.5 Å². The maximum atomic E-state index is 11.9. The lowest BCUT2D eigenvalue weighted by Gasteiger charge is -2.05. The number of hydrogen-bond acceptors (Lipinski definition) is 3. The Balaban J connectivity index is 3.07. The zero-order valence-corrected chi connectivity index (χ0v) is 9.60. The summed E-state index contributed by atoms with van der Waals surface area (Å²) in [6.45, 7) is 3.66. The monoisotopic (exact) mass is 221 g/mol. The van der Waals surface area contributed by atoms with Gasteiger partial charge in [0.05, 0.1) is 5.39 Å². The molecule has 0 unspecified atom stereocenters. The number of nitrogens with zero attached hydrogens (tertiary/aromatic N) is 2. The maximum absolute atomic E-state index is 11.9. The summed E-state index contributed by atoms with van der Waals surface area (Å²) < 4.78 is 2.13. The number of H-pyrrole nitrogens is 1. The summed E-state index contributed by atoms with van der Waals surface area (Å²) in [6, 6.07) is 0. The molecule has 2 aromatic rings. The molecule has 0 aliphatic heterocycles.